The monoisotopic (exact) mass is 408 g/mol. The molecule has 1 N–H and O–H groups in total. The maximum Gasteiger partial charge on any atom is 0.258 e. The second kappa shape index (κ2) is 8.68. The van der Waals surface area contributed by atoms with E-state index < -0.39 is 0 Å². The average Bonchev–Trinajstić information content (AvgIpc) is 3.04. The number of nitrogens with one attached hydrogen (secondary N) is 1. The van der Waals surface area contributed by atoms with Crippen LogP contribution in [0.3, 0.4) is 0 Å². The number of fused-ring (bicyclic) bond motifs is 1. The summed E-state index contributed by atoms with van der Waals surface area (Å²) in [5.41, 5.74) is 3.63. The third kappa shape index (κ3) is 4.96. The second-order valence-electron chi connectivity index (χ2n) is 9.12. The van der Waals surface area contributed by atoms with Crippen LogP contribution in [0.4, 0.5) is 0 Å². The highest BCUT2D eigenvalue weighted by atomic mass is 16.5. The van der Waals surface area contributed by atoms with Crippen molar-refractivity contribution in [3.8, 4) is 11.5 Å². The molecule has 2 heterocycles. The molecular formula is C25H32N2O3. The largest absolute Gasteiger partial charge is 0.483 e. The minimum Gasteiger partial charge on any atom is -0.483 e. The van der Waals surface area contributed by atoms with Crippen LogP contribution in [0.25, 0.3) is 0 Å². The number of hydrogen-bond acceptors (Lipinski definition) is 4. The molecule has 5 nitrogen and oxygen atoms in total. The summed E-state index contributed by atoms with van der Waals surface area (Å²) in [5.74, 6) is 1.36. The maximum atomic E-state index is 12.4. The van der Waals surface area contributed by atoms with E-state index in [0.29, 0.717) is 5.75 Å². The molecule has 0 bridgehead atoms. The first kappa shape index (κ1) is 20.7. The Balaban J connectivity index is 1.23. The molecule has 0 aliphatic carbocycles. The number of hydrogen-bond donors (Lipinski definition) is 1. The Labute approximate surface area is 179 Å². The van der Waals surface area contributed by atoms with E-state index in [0.717, 1.165) is 50.2 Å². The van der Waals surface area contributed by atoms with Crippen LogP contribution in [-0.4, -0.2) is 42.1 Å². The van der Waals surface area contributed by atoms with Gasteiger partial charge in [0.1, 0.15) is 5.60 Å². The van der Waals surface area contributed by atoms with Crippen molar-refractivity contribution < 1.29 is 14.3 Å². The van der Waals surface area contributed by atoms with Crippen molar-refractivity contribution in [1.29, 1.82) is 0 Å². The van der Waals surface area contributed by atoms with Crippen LogP contribution in [0, 0.1) is 6.92 Å². The molecule has 1 amide bonds. The van der Waals surface area contributed by atoms with Crippen molar-refractivity contribution in [3.05, 3.63) is 59.2 Å². The summed E-state index contributed by atoms with van der Waals surface area (Å²) >= 11 is 0. The Bertz CT molecular complexity index is 901. The molecule has 0 unspecified atom stereocenters. The van der Waals surface area contributed by atoms with Crippen molar-refractivity contribution in [1.82, 2.24) is 10.2 Å². The lowest BCUT2D eigenvalue weighted by Gasteiger charge is -2.32. The van der Waals surface area contributed by atoms with Crippen molar-refractivity contribution in [2.75, 3.05) is 19.7 Å². The van der Waals surface area contributed by atoms with Gasteiger partial charge in [0.05, 0.1) is 0 Å². The van der Waals surface area contributed by atoms with Crippen LogP contribution < -0.4 is 14.8 Å². The summed E-state index contributed by atoms with van der Waals surface area (Å²) in [6, 6.07) is 14.6. The SMILES string of the molecule is Cc1ccccc1CN1CCC(NC(=O)COc2cccc3c2OC(C)(C)C3)CC1. The summed E-state index contributed by atoms with van der Waals surface area (Å²) in [7, 11) is 0. The number of piperidine rings is 1. The molecule has 0 atom stereocenters. The van der Waals surface area contributed by atoms with Crippen molar-refractivity contribution in [2.24, 2.45) is 0 Å². The van der Waals surface area contributed by atoms with Gasteiger partial charge in [0.25, 0.3) is 5.91 Å². The average molecular weight is 409 g/mol. The molecular weight excluding hydrogens is 376 g/mol. The molecule has 2 aromatic rings. The van der Waals surface area contributed by atoms with Gasteiger partial charge in [-0.25, -0.2) is 0 Å². The highest BCUT2D eigenvalue weighted by Crippen LogP contribution is 2.41. The lowest BCUT2D eigenvalue weighted by molar-refractivity contribution is -0.124. The third-order valence-electron chi connectivity index (χ3n) is 6.02. The first-order chi connectivity index (χ1) is 14.4. The molecule has 160 valence electrons. The Morgan fingerprint density at radius 3 is 2.70 bits per heavy atom. The number of rotatable bonds is 6. The number of nitrogens with zero attached hydrogens (tertiary/aromatic N) is 1. The molecule has 30 heavy (non-hydrogen) atoms. The molecule has 0 spiro atoms. The van der Waals surface area contributed by atoms with Gasteiger partial charge in [-0.1, -0.05) is 36.4 Å². The molecule has 4 rings (SSSR count). The smallest absolute Gasteiger partial charge is 0.258 e. The van der Waals surface area contributed by atoms with Crippen molar-refractivity contribution >= 4 is 5.91 Å². The molecule has 2 aliphatic rings. The van der Waals surface area contributed by atoms with E-state index in [1.165, 1.54) is 11.1 Å². The van der Waals surface area contributed by atoms with E-state index in [1.54, 1.807) is 0 Å². The summed E-state index contributed by atoms with van der Waals surface area (Å²) in [6.45, 7) is 9.28. The Kier molecular flexibility index (Phi) is 6.00. The predicted molar refractivity (Wildman–Crippen MR) is 118 cm³/mol. The molecule has 1 fully saturated rings. The van der Waals surface area contributed by atoms with Crippen LogP contribution in [0.1, 0.15) is 43.4 Å². The molecule has 0 radical (unpaired) electrons. The summed E-state index contributed by atoms with van der Waals surface area (Å²) < 4.78 is 11.8. The van der Waals surface area contributed by atoms with Crippen molar-refractivity contribution in [2.45, 2.75) is 58.2 Å². The van der Waals surface area contributed by atoms with Gasteiger partial charge in [0.2, 0.25) is 0 Å². The number of carbonyl (C=O) groups is 1. The zero-order valence-electron chi connectivity index (χ0n) is 18.2. The van der Waals surface area contributed by atoms with E-state index in [9.17, 15) is 4.79 Å². The van der Waals surface area contributed by atoms with E-state index >= 15 is 0 Å². The fourth-order valence-corrected chi connectivity index (χ4v) is 4.38. The second-order valence-corrected chi connectivity index (χ2v) is 9.12. The summed E-state index contributed by atoms with van der Waals surface area (Å²) in [4.78, 5) is 14.9. The Morgan fingerprint density at radius 2 is 1.93 bits per heavy atom. The van der Waals surface area contributed by atoms with E-state index in [4.69, 9.17) is 9.47 Å². The first-order valence-corrected chi connectivity index (χ1v) is 10.9. The van der Waals surface area contributed by atoms with E-state index in [-0.39, 0.29) is 24.2 Å². The van der Waals surface area contributed by atoms with Crippen LogP contribution in [0.2, 0.25) is 0 Å². The van der Waals surface area contributed by atoms with Crippen LogP contribution in [0.5, 0.6) is 11.5 Å². The van der Waals surface area contributed by atoms with Crippen LogP contribution in [0.15, 0.2) is 42.5 Å². The molecule has 1 saturated heterocycles. The molecule has 0 aromatic heterocycles. The Hall–Kier alpha value is -2.53. The minimum absolute atomic E-state index is 0.0175. The third-order valence-corrected chi connectivity index (χ3v) is 6.02. The number of para-hydroxylation sites is 1. The highest BCUT2D eigenvalue weighted by Gasteiger charge is 2.32. The van der Waals surface area contributed by atoms with E-state index in [1.807, 2.05) is 12.1 Å². The van der Waals surface area contributed by atoms with Gasteiger partial charge in [-0.2, -0.15) is 0 Å². The molecule has 2 aromatic carbocycles. The fourth-order valence-electron chi connectivity index (χ4n) is 4.38. The van der Waals surface area contributed by atoms with Gasteiger partial charge in [-0.05, 0) is 50.8 Å². The van der Waals surface area contributed by atoms with Crippen LogP contribution in [-0.2, 0) is 17.8 Å². The standard InChI is InChI=1S/C25H32N2O3/c1-18-7-4-5-8-20(18)16-27-13-11-21(12-14-27)26-23(28)17-29-22-10-6-9-19-15-25(2,3)30-24(19)22/h4-10,21H,11-17H2,1-3H3,(H,26,28). The van der Waals surface area contributed by atoms with Crippen molar-refractivity contribution in [3.63, 3.8) is 0 Å². The summed E-state index contributed by atoms with van der Waals surface area (Å²) in [5, 5.41) is 3.14. The number of ether oxygens (including phenoxy) is 2. The van der Waals surface area contributed by atoms with Gasteiger partial charge < -0.3 is 14.8 Å². The van der Waals surface area contributed by atoms with Gasteiger partial charge in [-0.15, -0.1) is 0 Å². The minimum atomic E-state index is -0.226. The number of likely N-dealkylation sites (tertiary alicyclic amines) is 1. The molecule has 5 heteroatoms. The zero-order chi connectivity index (χ0) is 21.1. The topological polar surface area (TPSA) is 50.8 Å². The number of amides is 1. The lowest BCUT2D eigenvalue weighted by Crippen LogP contribution is -2.45. The van der Waals surface area contributed by atoms with Gasteiger partial charge in [0, 0.05) is 37.7 Å². The van der Waals surface area contributed by atoms with Gasteiger partial charge in [-0.3, -0.25) is 9.69 Å². The summed E-state index contributed by atoms with van der Waals surface area (Å²) in [6.07, 6.45) is 2.79. The maximum absolute atomic E-state index is 12.4. The predicted octanol–water partition coefficient (Wildman–Crippen LogP) is 3.87. The van der Waals surface area contributed by atoms with Gasteiger partial charge in [0.15, 0.2) is 18.1 Å². The number of carbonyl (C=O) groups excluding carboxylic acids is 1. The normalized spacial score (nSPS) is 18.5. The Morgan fingerprint density at radius 1 is 1.17 bits per heavy atom. The molecule has 2 aliphatic heterocycles. The van der Waals surface area contributed by atoms with E-state index in [2.05, 4.69) is 61.3 Å². The van der Waals surface area contributed by atoms with Gasteiger partial charge >= 0.3 is 0 Å². The molecule has 0 saturated carbocycles. The fraction of sp³-hybridized carbons (Fsp3) is 0.480. The van der Waals surface area contributed by atoms with Crippen LogP contribution >= 0.6 is 0 Å². The highest BCUT2D eigenvalue weighted by molar-refractivity contribution is 5.78. The zero-order valence-corrected chi connectivity index (χ0v) is 18.2. The lowest BCUT2D eigenvalue weighted by atomic mass is 10.0. The number of benzene rings is 2. The number of aryl methyl sites for hydroxylation is 1. The quantitative estimate of drug-likeness (QED) is 0.788. The first-order valence-electron chi connectivity index (χ1n) is 10.9.